The van der Waals surface area contributed by atoms with Gasteiger partial charge in [0.05, 0.1) is 21.9 Å². The molecule has 0 radical (unpaired) electrons. The number of benzene rings is 2. The smallest absolute Gasteiger partial charge is 0.166 e. The fraction of sp³-hybridized carbons (Fsp3) is 0.556. The number of hydrogen-bond acceptors (Lipinski definition) is 6. The minimum absolute atomic E-state index is 0.0864. The number of Topliss-reactive ketones (excluding diaryl/α,β-unsaturated/α-hetero) is 1. The maximum absolute atomic E-state index is 14.2. The number of fused-ring (bicyclic) bond motifs is 9. The Hall–Kier alpha value is -1.99. The van der Waals surface area contributed by atoms with Gasteiger partial charge < -0.3 is 10.2 Å². The monoisotopic (exact) mass is 603 g/mol. The first kappa shape index (κ1) is 30.1. The van der Waals surface area contributed by atoms with Crippen LogP contribution in [0.3, 0.4) is 0 Å². The highest BCUT2D eigenvalue weighted by atomic mass is 32.2. The highest BCUT2D eigenvalue weighted by Gasteiger charge is 2.56. The summed E-state index contributed by atoms with van der Waals surface area (Å²) in [5, 5.41) is 23.4. The molecule has 224 valence electrons. The average Bonchev–Trinajstić information content (AvgIpc) is 3.53. The molecule has 2 saturated carbocycles. The minimum Gasteiger partial charge on any atom is -0.393 e. The third-order valence-electron chi connectivity index (χ3n) is 10.6. The molecule has 0 spiro atoms. The third-order valence-corrected chi connectivity index (χ3v) is 13.0. The highest BCUT2D eigenvalue weighted by molar-refractivity contribution is 8.01. The van der Waals surface area contributed by atoms with Crippen LogP contribution in [-0.4, -0.2) is 38.4 Å². The molecule has 4 aliphatic rings. The van der Waals surface area contributed by atoms with Crippen LogP contribution in [0.15, 0.2) is 58.5 Å². The lowest BCUT2D eigenvalue weighted by Crippen LogP contribution is -2.46. The van der Waals surface area contributed by atoms with E-state index in [0.29, 0.717) is 18.6 Å². The van der Waals surface area contributed by atoms with E-state index in [4.69, 9.17) is 4.98 Å². The van der Waals surface area contributed by atoms with Crippen molar-refractivity contribution in [3.05, 3.63) is 70.8 Å². The molecule has 0 saturated heterocycles. The fourth-order valence-electron chi connectivity index (χ4n) is 7.87. The van der Waals surface area contributed by atoms with Crippen molar-refractivity contribution in [1.82, 2.24) is 4.98 Å². The summed E-state index contributed by atoms with van der Waals surface area (Å²) in [6.07, 6.45) is 12.8. The summed E-state index contributed by atoms with van der Waals surface area (Å²) in [6, 6.07) is 14.7. The van der Waals surface area contributed by atoms with Gasteiger partial charge in [-0.3, -0.25) is 4.79 Å². The second-order valence-electron chi connectivity index (χ2n) is 13.4. The van der Waals surface area contributed by atoms with Crippen molar-refractivity contribution in [1.29, 1.82) is 0 Å². The zero-order valence-electron chi connectivity index (χ0n) is 25.1. The number of carbonyl (C=O) groups excluding carboxylic acids is 1. The molecule has 4 aliphatic carbocycles. The number of thioether (sulfide) groups is 1. The SMILES string of the molecule is CC1=CCCC2(C)C(CCC2(O)CSc2nc3ccccc3s2)c2ccc(cc2C(=O)C2CCCCC2)CC(O)CC1. The van der Waals surface area contributed by atoms with E-state index in [2.05, 4.69) is 50.3 Å². The van der Waals surface area contributed by atoms with Gasteiger partial charge in [-0.2, -0.15) is 0 Å². The van der Waals surface area contributed by atoms with Crippen LogP contribution in [0.1, 0.15) is 112 Å². The van der Waals surface area contributed by atoms with Crippen molar-refractivity contribution in [2.75, 3.05) is 5.75 Å². The second-order valence-corrected chi connectivity index (χ2v) is 15.6. The van der Waals surface area contributed by atoms with Gasteiger partial charge in [0.2, 0.25) is 0 Å². The minimum atomic E-state index is -0.876. The molecule has 4 nitrogen and oxygen atoms in total. The predicted octanol–water partition coefficient (Wildman–Crippen LogP) is 8.89. The number of aliphatic hydroxyl groups is 2. The third kappa shape index (κ3) is 6.02. The molecule has 4 unspecified atom stereocenters. The lowest BCUT2D eigenvalue weighted by atomic mass is 9.65. The molecule has 2 N–H and O–H groups in total. The Morgan fingerprint density at radius 1 is 1.07 bits per heavy atom. The lowest BCUT2D eigenvalue weighted by molar-refractivity contribution is -0.0422. The molecule has 7 rings (SSSR count). The van der Waals surface area contributed by atoms with E-state index in [-0.39, 0.29) is 23.0 Å². The maximum Gasteiger partial charge on any atom is 0.166 e. The predicted molar refractivity (Wildman–Crippen MR) is 175 cm³/mol. The number of para-hydroxylation sites is 1. The lowest BCUT2D eigenvalue weighted by Gasteiger charge is -2.44. The molecule has 42 heavy (non-hydrogen) atoms. The molecule has 6 heteroatoms. The van der Waals surface area contributed by atoms with Gasteiger partial charge in [-0.1, -0.05) is 73.9 Å². The van der Waals surface area contributed by atoms with Crippen LogP contribution >= 0.6 is 23.1 Å². The van der Waals surface area contributed by atoms with Gasteiger partial charge in [-0.15, -0.1) is 11.3 Å². The number of hydrogen-bond donors (Lipinski definition) is 2. The Kier molecular flexibility index (Phi) is 8.98. The van der Waals surface area contributed by atoms with E-state index in [9.17, 15) is 15.0 Å². The molecule has 1 aromatic heterocycles. The summed E-state index contributed by atoms with van der Waals surface area (Å²) in [4.78, 5) is 19.0. The first-order chi connectivity index (χ1) is 20.3. The molecular weight excluding hydrogens is 559 g/mol. The Bertz CT molecular complexity index is 1420. The quantitative estimate of drug-likeness (QED) is 0.173. The molecule has 0 aliphatic heterocycles. The van der Waals surface area contributed by atoms with Crippen LogP contribution in [0.2, 0.25) is 0 Å². The first-order valence-electron chi connectivity index (χ1n) is 16.0. The number of nitrogens with zero attached hydrogens (tertiary/aromatic N) is 1. The summed E-state index contributed by atoms with van der Waals surface area (Å²) in [5.41, 5.74) is 4.07. The van der Waals surface area contributed by atoms with Gasteiger partial charge >= 0.3 is 0 Å². The van der Waals surface area contributed by atoms with Crippen molar-refractivity contribution in [3.63, 3.8) is 0 Å². The fourth-order valence-corrected chi connectivity index (χ4v) is 10.2. The van der Waals surface area contributed by atoms with Crippen LogP contribution in [0, 0.1) is 11.3 Å². The maximum atomic E-state index is 14.2. The van der Waals surface area contributed by atoms with Gasteiger partial charge in [0.1, 0.15) is 0 Å². The number of rotatable bonds is 5. The number of thiazole rings is 1. The topological polar surface area (TPSA) is 70.4 Å². The largest absolute Gasteiger partial charge is 0.393 e. The van der Waals surface area contributed by atoms with E-state index >= 15 is 0 Å². The van der Waals surface area contributed by atoms with Crippen LogP contribution in [0.4, 0.5) is 0 Å². The zero-order chi connectivity index (χ0) is 29.3. The number of carbonyl (C=O) groups is 1. The van der Waals surface area contributed by atoms with Gasteiger partial charge in [0.25, 0.3) is 0 Å². The average molecular weight is 604 g/mol. The van der Waals surface area contributed by atoms with Gasteiger partial charge in [-0.25, -0.2) is 4.98 Å². The first-order valence-corrected chi connectivity index (χ1v) is 17.8. The molecule has 2 fully saturated rings. The van der Waals surface area contributed by atoms with Crippen molar-refractivity contribution >= 4 is 39.1 Å². The standard InChI is InChI=1S/C36H45NO3S2/c1-24-9-8-19-35(2)30(18-20-36(35,40)23-41-34-37-31-12-6-7-13-32(31)42-34)28-17-15-25(21-27(38)16-14-24)22-29(28)33(39)26-10-4-3-5-11-26/h6-7,9,12-13,15,17,22,26-27,30,38,40H,3-5,8,10-11,14,16,18-21,23H2,1-2H3. The molecular formula is C36H45NO3S2. The van der Waals surface area contributed by atoms with E-state index in [1.807, 2.05) is 12.1 Å². The summed E-state index contributed by atoms with van der Waals surface area (Å²) >= 11 is 3.38. The summed E-state index contributed by atoms with van der Waals surface area (Å²) in [5.74, 6) is 1.06. The molecule has 0 amide bonds. The molecule has 2 bridgehead atoms. The van der Waals surface area contributed by atoms with Crippen molar-refractivity contribution in [2.24, 2.45) is 11.3 Å². The van der Waals surface area contributed by atoms with Crippen molar-refractivity contribution in [3.8, 4) is 0 Å². The highest BCUT2D eigenvalue weighted by Crippen LogP contribution is 2.60. The second kappa shape index (κ2) is 12.6. The van der Waals surface area contributed by atoms with Crippen LogP contribution in [-0.2, 0) is 6.42 Å². The van der Waals surface area contributed by atoms with Crippen molar-refractivity contribution in [2.45, 2.75) is 113 Å². The van der Waals surface area contributed by atoms with Crippen molar-refractivity contribution < 1.29 is 15.0 Å². The Balaban J connectivity index is 1.37. The Morgan fingerprint density at radius 3 is 2.69 bits per heavy atom. The van der Waals surface area contributed by atoms with E-state index < -0.39 is 11.7 Å². The summed E-state index contributed by atoms with van der Waals surface area (Å²) in [6.45, 7) is 4.45. The molecule has 1 heterocycles. The molecule has 2 aromatic carbocycles. The van der Waals surface area contributed by atoms with E-state index in [1.54, 1.807) is 23.1 Å². The van der Waals surface area contributed by atoms with Crippen LogP contribution in [0.25, 0.3) is 10.2 Å². The summed E-state index contributed by atoms with van der Waals surface area (Å²) in [7, 11) is 0. The number of ketones is 1. The number of allylic oxidation sites excluding steroid dienone is 2. The normalized spacial score (nSPS) is 29.3. The molecule has 3 aromatic rings. The van der Waals surface area contributed by atoms with Crippen LogP contribution in [0.5, 0.6) is 0 Å². The summed E-state index contributed by atoms with van der Waals surface area (Å²) < 4.78 is 2.18. The van der Waals surface area contributed by atoms with E-state index in [1.165, 1.54) is 16.7 Å². The Morgan fingerprint density at radius 2 is 1.88 bits per heavy atom. The van der Waals surface area contributed by atoms with Gasteiger partial charge in [0, 0.05) is 22.6 Å². The molecule has 4 atom stereocenters. The van der Waals surface area contributed by atoms with Gasteiger partial charge in [-0.05, 0) is 100.0 Å². The zero-order valence-corrected chi connectivity index (χ0v) is 26.7. The Labute approximate surface area is 259 Å². The number of aromatic nitrogens is 1. The number of aliphatic hydroxyl groups excluding tert-OH is 1. The van der Waals surface area contributed by atoms with E-state index in [0.717, 1.165) is 84.3 Å². The van der Waals surface area contributed by atoms with Crippen LogP contribution < -0.4 is 0 Å². The van der Waals surface area contributed by atoms with Gasteiger partial charge in [0.15, 0.2) is 10.1 Å².